The van der Waals surface area contributed by atoms with E-state index in [-0.39, 0.29) is 13.0 Å². The van der Waals surface area contributed by atoms with Crippen LogP contribution in [0, 0.1) is 0 Å². The number of hydrogen-bond donors (Lipinski definition) is 3. The summed E-state index contributed by atoms with van der Waals surface area (Å²) in [7, 11) is 0. The zero-order valence-electron chi connectivity index (χ0n) is 11.5. The molecular formula is C12H25N3O3. The van der Waals surface area contributed by atoms with Crippen LogP contribution in [-0.2, 0) is 0 Å². The summed E-state index contributed by atoms with van der Waals surface area (Å²) in [5.41, 5.74) is 5.91. The van der Waals surface area contributed by atoms with E-state index in [9.17, 15) is 15.3 Å². The Morgan fingerprint density at radius 1 is 1.28 bits per heavy atom. The Balaban J connectivity index is 4.22. The molecule has 3 N–H and O–H groups in total. The van der Waals surface area contributed by atoms with Crippen molar-refractivity contribution in [2.45, 2.75) is 70.2 Å². The molecule has 6 nitrogen and oxygen atoms in total. The molecule has 0 fully saturated rings. The minimum absolute atomic E-state index is 0.179. The van der Waals surface area contributed by atoms with Crippen molar-refractivity contribution < 1.29 is 15.3 Å². The smallest absolute Gasteiger partial charge is 0.0933 e. The van der Waals surface area contributed by atoms with Crippen LogP contribution >= 0.6 is 0 Å². The van der Waals surface area contributed by atoms with E-state index in [1.165, 1.54) is 6.92 Å². The van der Waals surface area contributed by atoms with Crippen molar-refractivity contribution in [3.63, 3.8) is 0 Å². The number of nitrogens with zero attached hydrogens (tertiary/aromatic N) is 3. The Morgan fingerprint density at radius 2 is 1.89 bits per heavy atom. The summed E-state index contributed by atoms with van der Waals surface area (Å²) in [6.45, 7) is 5.03. The van der Waals surface area contributed by atoms with Crippen LogP contribution in [0.15, 0.2) is 5.11 Å². The number of hydrogen-bond acceptors (Lipinski definition) is 4. The molecular weight excluding hydrogens is 234 g/mol. The van der Waals surface area contributed by atoms with Gasteiger partial charge >= 0.3 is 0 Å². The molecule has 1 unspecified atom stereocenters. The first-order valence-corrected chi connectivity index (χ1v) is 6.39. The van der Waals surface area contributed by atoms with Gasteiger partial charge in [0.05, 0.1) is 23.9 Å². The number of azide groups is 1. The van der Waals surface area contributed by atoms with Crippen LogP contribution in [0.25, 0.3) is 10.4 Å². The molecule has 3 atom stereocenters. The molecule has 0 spiro atoms. The van der Waals surface area contributed by atoms with E-state index in [2.05, 4.69) is 16.9 Å². The minimum Gasteiger partial charge on any atom is -0.390 e. The predicted molar refractivity (Wildman–Crippen MR) is 70.0 cm³/mol. The third kappa shape index (κ3) is 6.81. The highest BCUT2D eigenvalue weighted by Crippen LogP contribution is 2.24. The first kappa shape index (κ1) is 17.2. The van der Waals surface area contributed by atoms with Crippen LogP contribution in [0.3, 0.4) is 0 Å². The molecule has 0 saturated heterocycles. The van der Waals surface area contributed by atoms with E-state index in [1.807, 2.05) is 0 Å². The second kappa shape index (κ2) is 7.59. The molecule has 6 heteroatoms. The lowest BCUT2D eigenvalue weighted by atomic mass is 9.88. The highest BCUT2D eigenvalue weighted by Gasteiger charge is 2.31. The van der Waals surface area contributed by atoms with E-state index < -0.39 is 17.3 Å². The molecule has 0 radical (unpaired) electrons. The summed E-state index contributed by atoms with van der Waals surface area (Å²) in [4.78, 5) is 2.56. The Bertz CT molecular complexity index is 286. The van der Waals surface area contributed by atoms with Gasteiger partial charge in [0, 0.05) is 4.91 Å². The molecule has 0 saturated carbocycles. The topological polar surface area (TPSA) is 109 Å². The average molecular weight is 259 g/mol. The van der Waals surface area contributed by atoms with Crippen molar-refractivity contribution >= 4 is 0 Å². The molecule has 18 heavy (non-hydrogen) atoms. The zero-order valence-corrected chi connectivity index (χ0v) is 11.5. The van der Waals surface area contributed by atoms with E-state index >= 15 is 0 Å². The van der Waals surface area contributed by atoms with Gasteiger partial charge in [-0.2, -0.15) is 0 Å². The molecule has 106 valence electrons. The molecule has 0 aromatic heterocycles. The molecule has 0 heterocycles. The molecule has 0 aromatic rings. The fourth-order valence-electron chi connectivity index (χ4n) is 1.72. The Hall–Kier alpha value is -0.810. The summed E-state index contributed by atoms with van der Waals surface area (Å²) < 4.78 is 0. The van der Waals surface area contributed by atoms with Gasteiger partial charge in [-0.25, -0.2) is 0 Å². The van der Waals surface area contributed by atoms with Crippen LogP contribution in [0.4, 0.5) is 0 Å². The second-order valence-electron chi connectivity index (χ2n) is 5.40. The van der Waals surface area contributed by atoms with Crippen molar-refractivity contribution in [2.75, 3.05) is 6.54 Å². The summed E-state index contributed by atoms with van der Waals surface area (Å²) in [5, 5.41) is 33.1. The molecule has 0 aliphatic rings. The van der Waals surface area contributed by atoms with Crippen LogP contribution in [-0.4, -0.2) is 39.2 Å². The fraction of sp³-hybridized carbons (Fsp3) is 1.00. The first-order valence-electron chi connectivity index (χ1n) is 6.39. The maximum absolute atomic E-state index is 10.1. The normalized spacial score (nSPS) is 19.4. The van der Waals surface area contributed by atoms with Gasteiger partial charge in [-0.05, 0) is 38.6 Å². The molecule has 0 aliphatic heterocycles. The van der Waals surface area contributed by atoms with Gasteiger partial charge in [0.15, 0.2) is 0 Å². The molecule has 0 bridgehead atoms. The van der Waals surface area contributed by atoms with Gasteiger partial charge in [-0.3, -0.25) is 0 Å². The van der Waals surface area contributed by atoms with Crippen LogP contribution in [0.2, 0.25) is 0 Å². The molecule has 0 rings (SSSR count). The predicted octanol–water partition coefficient (Wildman–Crippen LogP) is 2.13. The van der Waals surface area contributed by atoms with E-state index in [0.717, 1.165) is 12.8 Å². The van der Waals surface area contributed by atoms with Gasteiger partial charge in [-0.15, -0.1) is 0 Å². The number of unbranched alkanes of at least 4 members (excludes halogenated alkanes) is 1. The number of aliphatic hydroxyl groups is 3. The fourth-order valence-corrected chi connectivity index (χ4v) is 1.72. The lowest BCUT2D eigenvalue weighted by Gasteiger charge is -2.30. The average Bonchev–Trinajstić information content (AvgIpc) is 2.31. The third-order valence-corrected chi connectivity index (χ3v) is 3.20. The summed E-state index contributed by atoms with van der Waals surface area (Å²) in [5.74, 6) is 0. The van der Waals surface area contributed by atoms with Gasteiger partial charge in [0.25, 0.3) is 0 Å². The lowest BCUT2D eigenvalue weighted by Crippen LogP contribution is -2.43. The van der Waals surface area contributed by atoms with Gasteiger partial charge in [-0.1, -0.05) is 24.9 Å². The highest BCUT2D eigenvalue weighted by molar-refractivity contribution is 4.86. The summed E-state index contributed by atoms with van der Waals surface area (Å²) in [6.07, 6.45) is 2.27. The largest absolute Gasteiger partial charge is 0.390 e. The van der Waals surface area contributed by atoms with Crippen molar-refractivity contribution in [3.05, 3.63) is 10.4 Å². The first-order chi connectivity index (χ1) is 8.25. The number of aliphatic hydroxyl groups excluding tert-OH is 1. The maximum Gasteiger partial charge on any atom is 0.0933 e. The molecule has 0 aliphatic carbocycles. The van der Waals surface area contributed by atoms with Gasteiger partial charge in [0.1, 0.15) is 0 Å². The van der Waals surface area contributed by atoms with Crippen LogP contribution in [0.1, 0.15) is 52.9 Å². The highest BCUT2D eigenvalue weighted by atomic mass is 16.3. The van der Waals surface area contributed by atoms with Crippen molar-refractivity contribution in [1.82, 2.24) is 0 Å². The SMILES string of the molecule is CCCC[C@](C)(O)CCC(O)[C@](C)(O)CN=[N+]=[N-]. The Morgan fingerprint density at radius 3 is 2.39 bits per heavy atom. The maximum atomic E-state index is 10.1. The number of rotatable bonds is 9. The van der Waals surface area contributed by atoms with E-state index in [1.54, 1.807) is 6.92 Å². The van der Waals surface area contributed by atoms with E-state index in [0.29, 0.717) is 12.8 Å². The Labute approximate surface area is 108 Å². The van der Waals surface area contributed by atoms with Crippen molar-refractivity contribution in [3.8, 4) is 0 Å². The monoisotopic (exact) mass is 259 g/mol. The van der Waals surface area contributed by atoms with Crippen LogP contribution in [0.5, 0.6) is 0 Å². The zero-order chi connectivity index (χ0) is 14.2. The van der Waals surface area contributed by atoms with Crippen molar-refractivity contribution in [2.24, 2.45) is 5.11 Å². The summed E-state index contributed by atoms with van der Waals surface area (Å²) >= 11 is 0. The second-order valence-corrected chi connectivity index (χ2v) is 5.40. The lowest BCUT2D eigenvalue weighted by molar-refractivity contribution is -0.0697. The third-order valence-electron chi connectivity index (χ3n) is 3.20. The Kier molecular flexibility index (Phi) is 7.25. The van der Waals surface area contributed by atoms with Gasteiger partial charge < -0.3 is 15.3 Å². The van der Waals surface area contributed by atoms with Crippen LogP contribution < -0.4 is 0 Å². The molecule has 0 amide bonds. The van der Waals surface area contributed by atoms with Gasteiger partial charge in [0.2, 0.25) is 0 Å². The minimum atomic E-state index is -1.45. The van der Waals surface area contributed by atoms with E-state index in [4.69, 9.17) is 5.53 Å². The molecule has 0 aromatic carbocycles. The van der Waals surface area contributed by atoms with Crippen molar-refractivity contribution in [1.29, 1.82) is 0 Å². The summed E-state index contributed by atoms with van der Waals surface area (Å²) in [6, 6.07) is 0. The quantitative estimate of drug-likeness (QED) is 0.335. The standard InChI is InChI=1S/C12H25N3O3/c1-4-5-7-11(2,17)8-6-10(16)12(3,18)9-14-15-13/h10,16-18H,4-9H2,1-3H3/t10?,11-,12+/m0/s1.